The van der Waals surface area contributed by atoms with Crippen molar-refractivity contribution in [3.8, 4) is 17.0 Å². The van der Waals surface area contributed by atoms with Gasteiger partial charge in [0, 0.05) is 12.1 Å². The maximum Gasteiger partial charge on any atom is 0.161 e. The third-order valence-electron chi connectivity index (χ3n) is 2.96. The number of aromatic nitrogens is 2. The van der Waals surface area contributed by atoms with Crippen molar-refractivity contribution < 1.29 is 5.11 Å². The summed E-state index contributed by atoms with van der Waals surface area (Å²) in [7, 11) is 0. The zero-order chi connectivity index (χ0) is 13.1. The zero-order valence-corrected chi connectivity index (χ0v) is 11.2. The van der Waals surface area contributed by atoms with E-state index in [0.29, 0.717) is 5.92 Å². The molecule has 0 saturated carbocycles. The molecule has 0 aliphatic rings. The molecule has 0 saturated heterocycles. The standard InChI is InChI=1S/C15H20N2O/c1-4-17-15(14(18)10-16-17)13-7-5-6-12(9-13)8-11(2)3/h5-7,9-11,18H,4,8H2,1-3H3. The molecule has 1 aromatic heterocycles. The van der Waals surface area contributed by atoms with Crippen molar-refractivity contribution in [2.45, 2.75) is 33.7 Å². The fraction of sp³-hybridized carbons (Fsp3) is 0.400. The van der Waals surface area contributed by atoms with Gasteiger partial charge in [0.25, 0.3) is 0 Å². The SMILES string of the molecule is CCn1ncc(O)c1-c1cccc(CC(C)C)c1. The summed E-state index contributed by atoms with van der Waals surface area (Å²) < 4.78 is 1.82. The quantitative estimate of drug-likeness (QED) is 0.894. The van der Waals surface area contributed by atoms with Crippen LogP contribution in [-0.2, 0) is 13.0 Å². The molecular weight excluding hydrogens is 224 g/mol. The van der Waals surface area contributed by atoms with Gasteiger partial charge in [-0.2, -0.15) is 5.10 Å². The lowest BCUT2D eigenvalue weighted by molar-refractivity contribution is 0.476. The molecule has 18 heavy (non-hydrogen) atoms. The maximum absolute atomic E-state index is 9.91. The molecule has 0 aliphatic heterocycles. The van der Waals surface area contributed by atoms with Crippen molar-refractivity contribution in [2.24, 2.45) is 5.92 Å². The second-order valence-corrected chi connectivity index (χ2v) is 4.99. The Hall–Kier alpha value is -1.77. The number of aryl methyl sites for hydroxylation is 1. The minimum atomic E-state index is 0.249. The molecular formula is C15H20N2O. The van der Waals surface area contributed by atoms with Gasteiger partial charge in [-0.05, 0) is 30.9 Å². The van der Waals surface area contributed by atoms with E-state index < -0.39 is 0 Å². The highest BCUT2D eigenvalue weighted by Gasteiger charge is 2.11. The van der Waals surface area contributed by atoms with E-state index in [1.54, 1.807) is 0 Å². The van der Waals surface area contributed by atoms with Gasteiger partial charge in [-0.3, -0.25) is 4.68 Å². The van der Waals surface area contributed by atoms with E-state index in [9.17, 15) is 5.11 Å². The predicted molar refractivity (Wildman–Crippen MR) is 73.5 cm³/mol. The monoisotopic (exact) mass is 244 g/mol. The number of rotatable bonds is 4. The Kier molecular flexibility index (Phi) is 3.70. The zero-order valence-electron chi connectivity index (χ0n) is 11.2. The van der Waals surface area contributed by atoms with Gasteiger partial charge >= 0.3 is 0 Å². The van der Waals surface area contributed by atoms with Crippen LogP contribution in [0.5, 0.6) is 5.75 Å². The van der Waals surface area contributed by atoms with Gasteiger partial charge in [-0.15, -0.1) is 0 Å². The number of hydrogen-bond donors (Lipinski definition) is 1. The van der Waals surface area contributed by atoms with E-state index in [4.69, 9.17) is 0 Å². The molecule has 0 atom stereocenters. The average Bonchev–Trinajstić information content (AvgIpc) is 2.70. The van der Waals surface area contributed by atoms with Crippen molar-refractivity contribution in [1.29, 1.82) is 0 Å². The molecule has 0 fully saturated rings. The van der Waals surface area contributed by atoms with Gasteiger partial charge in [-0.25, -0.2) is 0 Å². The number of benzene rings is 1. The predicted octanol–water partition coefficient (Wildman–Crippen LogP) is 3.47. The van der Waals surface area contributed by atoms with Gasteiger partial charge in [-0.1, -0.05) is 32.0 Å². The molecule has 1 N–H and O–H groups in total. The maximum atomic E-state index is 9.91. The second kappa shape index (κ2) is 5.25. The Morgan fingerprint density at radius 1 is 1.33 bits per heavy atom. The molecule has 3 nitrogen and oxygen atoms in total. The Bertz CT molecular complexity index is 529. The summed E-state index contributed by atoms with van der Waals surface area (Å²) in [6.45, 7) is 7.19. The van der Waals surface area contributed by atoms with Crippen LogP contribution < -0.4 is 0 Å². The molecule has 0 bridgehead atoms. The summed E-state index contributed by atoms with van der Waals surface area (Å²) in [5, 5.41) is 14.1. The normalized spacial score (nSPS) is 11.1. The summed E-state index contributed by atoms with van der Waals surface area (Å²) in [6, 6.07) is 8.34. The minimum Gasteiger partial charge on any atom is -0.504 e. The fourth-order valence-electron chi connectivity index (χ4n) is 2.23. The van der Waals surface area contributed by atoms with Crippen molar-refractivity contribution in [1.82, 2.24) is 9.78 Å². The molecule has 0 aliphatic carbocycles. The molecule has 2 aromatic rings. The molecule has 0 unspecified atom stereocenters. The Labute approximate surface area is 108 Å². The van der Waals surface area contributed by atoms with Crippen LogP contribution in [0.1, 0.15) is 26.3 Å². The highest BCUT2D eigenvalue weighted by molar-refractivity contribution is 5.66. The molecule has 0 spiro atoms. The third kappa shape index (κ3) is 2.55. The lowest BCUT2D eigenvalue weighted by Gasteiger charge is -2.09. The number of hydrogen-bond acceptors (Lipinski definition) is 2. The topological polar surface area (TPSA) is 38.0 Å². The first-order valence-electron chi connectivity index (χ1n) is 6.46. The molecule has 0 amide bonds. The van der Waals surface area contributed by atoms with Gasteiger partial charge in [0.2, 0.25) is 0 Å². The van der Waals surface area contributed by atoms with E-state index >= 15 is 0 Å². The number of nitrogens with zero attached hydrogens (tertiary/aromatic N) is 2. The minimum absolute atomic E-state index is 0.249. The summed E-state index contributed by atoms with van der Waals surface area (Å²) in [6.07, 6.45) is 2.56. The van der Waals surface area contributed by atoms with E-state index in [0.717, 1.165) is 24.2 Å². The van der Waals surface area contributed by atoms with Crippen LogP contribution in [0.2, 0.25) is 0 Å². The van der Waals surface area contributed by atoms with E-state index in [-0.39, 0.29) is 5.75 Å². The Balaban J connectivity index is 2.41. The van der Waals surface area contributed by atoms with E-state index in [1.807, 2.05) is 23.7 Å². The third-order valence-corrected chi connectivity index (χ3v) is 2.96. The van der Waals surface area contributed by atoms with Crippen LogP contribution in [0.25, 0.3) is 11.3 Å². The lowest BCUT2D eigenvalue weighted by Crippen LogP contribution is -2.00. The summed E-state index contributed by atoms with van der Waals surface area (Å²) in [5.41, 5.74) is 3.14. The van der Waals surface area contributed by atoms with Crippen molar-refractivity contribution in [3.05, 3.63) is 36.0 Å². The highest BCUT2D eigenvalue weighted by Crippen LogP contribution is 2.29. The van der Waals surface area contributed by atoms with Gasteiger partial charge in [0.05, 0.1) is 6.20 Å². The van der Waals surface area contributed by atoms with Crippen LogP contribution in [0, 0.1) is 5.92 Å². The van der Waals surface area contributed by atoms with Gasteiger partial charge in [0.1, 0.15) is 5.69 Å². The van der Waals surface area contributed by atoms with Gasteiger partial charge in [0.15, 0.2) is 5.75 Å². The summed E-state index contributed by atoms with van der Waals surface area (Å²) in [4.78, 5) is 0. The largest absolute Gasteiger partial charge is 0.504 e. The van der Waals surface area contributed by atoms with E-state index in [1.165, 1.54) is 11.8 Å². The molecule has 1 heterocycles. The van der Waals surface area contributed by atoms with Crippen LogP contribution in [0.15, 0.2) is 30.5 Å². The number of aromatic hydroxyl groups is 1. The Morgan fingerprint density at radius 2 is 2.11 bits per heavy atom. The first-order chi connectivity index (χ1) is 8.61. The first kappa shape index (κ1) is 12.7. The van der Waals surface area contributed by atoms with Crippen LogP contribution >= 0.6 is 0 Å². The van der Waals surface area contributed by atoms with Crippen LogP contribution in [-0.4, -0.2) is 14.9 Å². The summed E-state index contributed by atoms with van der Waals surface area (Å²) >= 11 is 0. The molecule has 0 radical (unpaired) electrons. The molecule has 96 valence electrons. The smallest absolute Gasteiger partial charge is 0.161 e. The first-order valence-corrected chi connectivity index (χ1v) is 6.46. The highest BCUT2D eigenvalue weighted by atomic mass is 16.3. The summed E-state index contributed by atoms with van der Waals surface area (Å²) in [5.74, 6) is 0.878. The van der Waals surface area contributed by atoms with Crippen LogP contribution in [0.3, 0.4) is 0 Å². The fourth-order valence-corrected chi connectivity index (χ4v) is 2.23. The van der Waals surface area contributed by atoms with Crippen molar-refractivity contribution in [2.75, 3.05) is 0 Å². The van der Waals surface area contributed by atoms with Gasteiger partial charge < -0.3 is 5.11 Å². The second-order valence-electron chi connectivity index (χ2n) is 4.99. The van der Waals surface area contributed by atoms with Crippen molar-refractivity contribution >= 4 is 0 Å². The van der Waals surface area contributed by atoms with Crippen LogP contribution in [0.4, 0.5) is 0 Å². The van der Waals surface area contributed by atoms with Crippen molar-refractivity contribution in [3.63, 3.8) is 0 Å². The average molecular weight is 244 g/mol. The lowest BCUT2D eigenvalue weighted by atomic mass is 10.00. The molecule has 3 heteroatoms. The van der Waals surface area contributed by atoms with E-state index in [2.05, 4.69) is 31.1 Å². The Morgan fingerprint density at radius 3 is 2.78 bits per heavy atom. The molecule has 1 aromatic carbocycles. The molecule has 2 rings (SSSR count).